The first-order valence-corrected chi connectivity index (χ1v) is 12.7. The summed E-state index contributed by atoms with van der Waals surface area (Å²) in [4.78, 5) is 41.8. The molecule has 5 rings (SSSR count). The molecular formula is C28H27NO6S. The van der Waals surface area contributed by atoms with Gasteiger partial charge in [-0.25, -0.2) is 4.79 Å². The fourth-order valence-electron chi connectivity index (χ4n) is 5.10. The van der Waals surface area contributed by atoms with Crippen LogP contribution in [0.15, 0.2) is 73.7 Å². The van der Waals surface area contributed by atoms with Gasteiger partial charge >= 0.3 is 5.97 Å². The Morgan fingerprint density at radius 3 is 2.75 bits per heavy atom. The summed E-state index contributed by atoms with van der Waals surface area (Å²) in [6.45, 7) is 3.97. The lowest BCUT2D eigenvalue weighted by atomic mass is 9.73. The van der Waals surface area contributed by atoms with Gasteiger partial charge in [0.1, 0.15) is 12.2 Å². The highest BCUT2D eigenvalue weighted by Gasteiger charge is 2.43. The van der Waals surface area contributed by atoms with Gasteiger partial charge in [0.15, 0.2) is 11.2 Å². The van der Waals surface area contributed by atoms with Crippen molar-refractivity contribution >= 4 is 34.1 Å². The number of rotatable bonds is 6. The topological polar surface area (TPSA) is 94.8 Å². The second-order valence-electron chi connectivity index (χ2n) is 9.18. The minimum atomic E-state index is -0.880. The van der Waals surface area contributed by atoms with Gasteiger partial charge in [-0.1, -0.05) is 17.7 Å². The number of ether oxygens (including phenoxy) is 2. The van der Waals surface area contributed by atoms with Crippen LogP contribution in [0.25, 0.3) is 11.0 Å². The predicted octanol–water partition coefficient (Wildman–Crippen LogP) is 4.71. The van der Waals surface area contributed by atoms with E-state index in [0.717, 1.165) is 16.1 Å². The first-order chi connectivity index (χ1) is 17.4. The first kappa shape index (κ1) is 24.2. The highest BCUT2D eigenvalue weighted by molar-refractivity contribution is 7.10. The monoisotopic (exact) mass is 505 g/mol. The van der Waals surface area contributed by atoms with Crippen molar-refractivity contribution in [3.05, 3.63) is 90.7 Å². The molecule has 36 heavy (non-hydrogen) atoms. The summed E-state index contributed by atoms with van der Waals surface area (Å²) >= 11 is 1.63. The highest BCUT2D eigenvalue weighted by atomic mass is 32.1. The number of aryl methyl sites for hydroxylation is 1. The number of fused-ring (bicyclic) bond motifs is 1. The summed E-state index contributed by atoms with van der Waals surface area (Å²) in [5, 5.41) is 5.72. The Kier molecular flexibility index (Phi) is 6.64. The van der Waals surface area contributed by atoms with Crippen molar-refractivity contribution in [3.8, 4) is 0 Å². The third-order valence-electron chi connectivity index (χ3n) is 6.78. The van der Waals surface area contributed by atoms with Crippen molar-refractivity contribution in [1.82, 2.24) is 5.32 Å². The number of carbonyl (C=O) groups is 2. The normalized spacial score (nSPS) is 19.9. The van der Waals surface area contributed by atoms with Gasteiger partial charge in [0.05, 0.1) is 29.7 Å². The quantitative estimate of drug-likeness (QED) is 0.383. The fraction of sp³-hybridized carbons (Fsp3) is 0.321. The van der Waals surface area contributed by atoms with E-state index in [0.29, 0.717) is 35.1 Å². The molecular weight excluding hydrogens is 478 g/mol. The number of thiophene rings is 1. The number of hydrogen-bond donors (Lipinski definition) is 1. The highest BCUT2D eigenvalue weighted by Crippen LogP contribution is 2.45. The van der Waals surface area contributed by atoms with Gasteiger partial charge in [-0.3, -0.25) is 9.59 Å². The molecule has 1 N–H and O–H groups in total. The summed E-state index contributed by atoms with van der Waals surface area (Å²) in [7, 11) is 1.52. The Bertz CT molecular complexity index is 1460. The minimum Gasteiger partial charge on any atom is -0.464 e. The van der Waals surface area contributed by atoms with Crippen molar-refractivity contribution in [2.45, 2.75) is 38.5 Å². The number of ketones is 1. The molecule has 0 saturated carbocycles. The molecule has 0 amide bonds. The Morgan fingerprint density at radius 2 is 2.00 bits per heavy atom. The first-order valence-electron chi connectivity index (χ1n) is 11.8. The lowest BCUT2D eigenvalue weighted by Gasteiger charge is -2.36. The molecule has 0 fully saturated rings. The molecule has 0 saturated heterocycles. The maximum atomic E-state index is 13.7. The van der Waals surface area contributed by atoms with E-state index in [1.807, 2.05) is 30.5 Å². The smallest absolute Gasteiger partial charge is 0.336 e. The predicted molar refractivity (Wildman–Crippen MR) is 137 cm³/mol. The van der Waals surface area contributed by atoms with Gasteiger partial charge in [0, 0.05) is 46.9 Å². The molecule has 1 aliphatic heterocycles. The molecule has 2 atom stereocenters. The third-order valence-corrected chi connectivity index (χ3v) is 7.81. The Hall–Kier alpha value is -3.49. The zero-order valence-electron chi connectivity index (χ0n) is 20.4. The van der Waals surface area contributed by atoms with Crippen molar-refractivity contribution < 1.29 is 23.5 Å². The van der Waals surface area contributed by atoms with Crippen LogP contribution in [-0.4, -0.2) is 32.1 Å². The summed E-state index contributed by atoms with van der Waals surface area (Å²) < 4.78 is 16.3. The molecule has 0 spiro atoms. The van der Waals surface area contributed by atoms with E-state index in [-0.39, 0.29) is 41.5 Å². The molecule has 1 aromatic carbocycles. The molecule has 2 aromatic heterocycles. The molecule has 7 nitrogen and oxygen atoms in total. The van der Waals surface area contributed by atoms with Crippen molar-refractivity contribution in [2.75, 3.05) is 20.3 Å². The number of carbonyl (C=O) groups excluding carboxylic acids is 2. The second-order valence-corrected chi connectivity index (χ2v) is 10.2. The maximum Gasteiger partial charge on any atom is 0.336 e. The Morgan fingerprint density at radius 1 is 1.17 bits per heavy atom. The van der Waals surface area contributed by atoms with Crippen molar-refractivity contribution in [3.63, 3.8) is 0 Å². The molecule has 3 heterocycles. The zero-order chi connectivity index (χ0) is 25.4. The lowest BCUT2D eigenvalue weighted by Crippen LogP contribution is -2.37. The fourth-order valence-corrected chi connectivity index (χ4v) is 5.93. The number of esters is 1. The SMILES string of the molecule is COCCOC(=O)C1=C(C)NC2=C(C(=O)C[C@@H](c3cccs3)C2)[C@H]1c1coc2ccc(C)cc2c1=O. The maximum absolute atomic E-state index is 13.7. The lowest BCUT2D eigenvalue weighted by molar-refractivity contribution is -0.140. The molecule has 1 aliphatic carbocycles. The summed E-state index contributed by atoms with van der Waals surface area (Å²) in [6, 6.07) is 9.41. The summed E-state index contributed by atoms with van der Waals surface area (Å²) in [6.07, 6.45) is 2.30. The summed E-state index contributed by atoms with van der Waals surface area (Å²) in [5.74, 6) is -1.52. The minimum absolute atomic E-state index is 0.0445. The van der Waals surface area contributed by atoms with E-state index in [4.69, 9.17) is 13.9 Å². The number of Topliss-reactive ketones (excluding diaryl/α,β-unsaturated/α-hetero) is 1. The van der Waals surface area contributed by atoms with Crippen LogP contribution >= 0.6 is 11.3 Å². The Labute approximate surface area is 212 Å². The van der Waals surface area contributed by atoms with E-state index in [1.165, 1.54) is 13.4 Å². The van der Waals surface area contributed by atoms with Crippen LogP contribution < -0.4 is 10.7 Å². The molecule has 0 unspecified atom stereocenters. The molecule has 186 valence electrons. The van der Waals surface area contributed by atoms with Crippen LogP contribution in [-0.2, 0) is 19.1 Å². The largest absolute Gasteiger partial charge is 0.464 e. The van der Waals surface area contributed by atoms with E-state index < -0.39 is 11.9 Å². The third kappa shape index (κ3) is 4.31. The van der Waals surface area contributed by atoms with E-state index >= 15 is 0 Å². The van der Waals surface area contributed by atoms with Gasteiger partial charge in [0.25, 0.3) is 0 Å². The van der Waals surface area contributed by atoms with Gasteiger partial charge in [-0.2, -0.15) is 0 Å². The van der Waals surface area contributed by atoms with E-state index in [9.17, 15) is 14.4 Å². The molecule has 3 aromatic rings. The average molecular weight is 506 g/mol. The van der Waals surface area contributed by atoms with Crippen LogP contribution in [0.4, 0.5) is 0 Å². The van der Waals surface area contributed by atoms with Crippen molar-refractivity contribution in [2.24, 2.45) is 0 Å². The van der Waals surface area contributed by atoms with Gasteiger partial charge in [-0.15, -0.1) is 11.3 Å². The average Bonchev–Trinajstić information content (AvgIpc) is 3.39. The summed E-state index contributed by atoms with van der Waals surface area (Å²) in [5.41, 5.74) is 3.34. The van der Waals surface area contributed by atoms with E-state index in [1.54, 1.807) is 30.4 Å². The van der Waals surface area contributed by atoms with Crippen LogP contribution in [0.3, 0.4) is 0 Å². The standard InChI is InChI=1S/C28H27NO6S/c1-15-6-7-22-18(11-15)27(31)19(14-35-22)25-24(28(32)34-9-8-33-3)16(2)29-20-12-17(13-21(30)26(20)25)23-5-4-10-36-23/h4-7,10-11,14,17,25,29H,8-9,12-13H2,1-3H3/t17-,25-/m0/s1. The number of hydrogen-bond acceptors (Lipinski definition) is 8. The van der Waals surface area contributed by atoms with E-state index in [2.05, 4.69) is 5.32 Å². The molecule has 8 heteroatoms. The van der Waals surface area contributed by atoms with Gasteiger partial charge in [-0.05, 0) is 43.8 Å². The number of dihydropyridines is 1. The number of nitrogens with one attached hydrogen (secondary N) is 1. The number of methoxy groups -OCH3 is 1. The van der Waals surface area contributed by atoms with Crippen LogP contribution in [0, 0.1) is 6.92 Å². The number of allylic oxidation sites excluding steroid dienone is 3. The van der Waals surface area contributed by atoms with Gasteiger partial charge in [0.2, 0.25) is 0 Å². The Balaban J connectivity index is 1.66. The molecule has 2 aliphatic rings. The molecule has 0 bridgehead atoms. The number of benzene rings is 1. The van der Waals surface area contributed by atoms with Crippen LogP contribution in [0.2, 0.25) is 0 Å². The molecule has 0 radical (unpaired) electrons. The van der Waals surface area contributed by atoms with Crippen LogP contribution in [0.1, 0.15) is 47.6 Å². The van der Waals surface area contributed by atoms with Crippen molar-refractivity contribution in [1.29, 1.82) is 0 Å². The zero-order valence-corrected chi connectivity index (χ0v) is 21.2. The van der Waals surface area contributed by atoms with Gasteiger partial charge < -0.3 is 19.2 Å². The van der Waals surface area contributed by atoms with Crippen LogP contribution in [0.5, 0.6) is 0 Å². The second kappa shape index (κ2) is 9.87.